The monoisotopic (exact) mass is 265 g/mol. The van der Waals surface area contributed by atoms with Gasteiger partial charge in [0.2, 0.25) is 0 Å². The number of hydrogen-bond donors (Lipinski definition) is 1. The van der Waals surface area contributed by atoms with Crippen LogP contribution in [-0.2, 0) is 0 Å². The second kappa shape index (κ2) is 5.34. The Morgan fingerprint density at radius 3 is 2.37 bits per heavy atom. The van der Waals surface area contributed by atoms with Gasteiger partial charge in [-0.25, -0.2) is 13.2 Å². The largest absolute Gasteiger partial charge is 0.376 e. The predicted octanol–water partition coefficient (Wildman–Crippen LogP) is 4.59. The molecule has 100 valence electrons. The van der Waals surface area contributed by atoms with Crippen LogP contribution in [0.5, 0.6) is 0 Å². The molecule has 19 heavy (non-hydrogen) atoms. The van der Waals surface area contributed by atoms with Gasteiger partial charge in [-0.15, -0.1) is 0 Å². The summed E-state index contributed by atoms with van der Waals surface area (Å²) in [6.07, 6.45) is 0. The third kappa shape index (κ3) is 3.08. The van der Waals surface area contributed by atoms with Gasteiger partial charge in [0.15, 0.2) is 0 Å². The molecule has 1 nitrogen and oxygen atoms in total. The first-order valence-electron chi connectivity index (χ1n) is 5.95. The molecule has 2 aromatic carbocycles. The highest BCUT2D eigenvalue weighted by Crippen LogP contribution is 2.23. The van der Waals surface area contributed by atoms with E-state index in [-0.39, 0.29) is 17.5 Å². The van der Waals surface area contributed by atoms with E-state index in [1.165, 1.54) is 6.07 Å². The molecule has 0 aliphatic heterocycles. The molecule has 0 aromatic heterocycles. The van der Waals surface area contributed by atoms with Gasteiger partial charge >= 0.3 is 0 Å². The summed E-state index contributed by atoms with van der Waals surface area (Å²) >= 11 is 0. The number of aryl methyl sites for hydroxylation is 1. The van der Waals surface area contributed by atoms with E-state index in [1.54, 1.807) is 26.0 Å². The highest BCUT2D eigenvalue weighted by molar-refractivity contribution is 5.47. The minimum absolute atomic E-state index is 0.0634. The molecular formula is C15H14F3N. The summed E-state index contributed by atoms with van der Waals surface area (Å²) in [6.45, 7) is 3.43. The SMILES string of the molecule is Cc1ccc(C(C)Nc2cc(F)ccc2F)cc1F. The first-order valence-corrected chi connectivity index (χ1v) is 5.95. The van der Waals surface area contributed by atoms with Crippen LogP contribution in [0.1, 0.15) is 24.1 Å². The Morgan fingerprint density at radius 2 is 1.68 bits per heavy atom. The van der Waals surface area contributed by atoms with E-state index in [2.05, 4.69) is 5.32 Å². The van der Waals surface area contributed by atoms with Gasteiger partial charge in [0.1, 0.15) is 17.5 Å². The van der Waals surface area contributed by atoms with Crippen molar-refractivity contribution < 1.29 is 13.2 Å². The lowest BCUT2D eigenvalue weighted by Crippen LogP contribution is -2.08. The summed E-state index contributed by atoms with van der Waals surface area (Å²) in [7, 11) is 0. The molecule has 0 saturated carbocycles. The van der Waals surface area contributed by atoms with E-state index in [1.807, 2.05) is 0 Å². The fourth-order valence-corrected chi connectivity index (χ4v) is 1.80. The Labute approximate surface area is 110 Å². The van der Waals surface area contributed by atoms with Gasteiger partial charge in [-0.1, -0.05) is 12.1 Å². The van der Waals surface area contributed by atoms with Crippen molar-refractivity contribution in [2.75, 3.05) is 5.32 Å². The summed E-state index contributed by atoms with van der Waals surface area (Å²) in [6, 6.07) is 7.67. The maximum atomic E-state index is 13.5. The minimum Gasteiger partial charge on any atom is -0.376 e. The summed E-state index contributed by atoms with van der Waals surface area (Å²) in [5.41, 5.74) is 1.29. The minimum atomic E-state index is -0.541. The maximum absolute atomic E-state index is 13.5. The van der Waals surface area contributed by atoms with Crippen molar-refractivity contribution >= 4 is 5.69 Å². The lowest BCUT2D eigenvalue weighted by atomic mass is 10.1. The zero-order valence-corrected chi connectivity index (χ0v) is 10.7. The molecule has 0 aliphatic rings. The topological polar surface area (TPSA) is 12.0 Å². The molecule has 2 aromatic rings. The lowest BCUT2D eigenvalue weighted by molar-refractivity contribution is 0.599. The van der Waals surface area contributed by atoms with Crippen LogP contribution in [-0.4, -0.2) is 0 Å². The van der Waals surface area contributed by atoms with Crippen LogP contribution in [0.4, 0.5) is 18.9 Å². The smallest absolute Gasteiger partial charge is 0.146 e. The van der Waals surface area contributed by atoms with Crippen LogP contribution in [0.25, 0.3) is 0 Å². The number of rotatable bonds is 3. The van der Waals surface area contributed by atoms with Gasteiger partial charge in [0.05, 0.1) is 5.69 Å². The summed E-state index contributed by atoms with van der Waals surface area (Å²) < 4.78 is 40.0. The average Bonchev–Trinajstić information content (AvgIpc) is 2.37. The van der Waals surface area contributed by atoms with E-state index >= 15 is 0 Å². The molecule has 0 fully saturated rings. The Morgan fingerprint density at radius 1 is 0.947 bits per heavy atom. The number of hydrogen-bond acceptors (Lipinski definition) is 1. The van der Waals surface area contributed by atoms with E-state index in [9.17, 15) is 13.2 Å². The molecule has 0 spiro atoms. The first-order chi connectivity index (χ1) is 8.97. The molecule has 0 bridgehead atoms. The van der Waals surface area contributed by atoms with Crippen LogP contribution in [0.2, 0.25) is 0 Å². The molecule has 0 radical (unpaired) electrons. The molecule has 1 N–H and O–H groups in total. The van der Waals surface area contributed by atoms with E-state index < -0.39 is 11.6 Å². The van der Waals surface area contributed by atoms with Gasteiger partial charge in [-0.05, 0) is 49.2 Å². The van der Waals surface area contributed by atoms with Crippen LogP contribution < -0.4 is 5.32 Å². The average molecular weight is 265 g/mol. The van der Waals surface area contributed by atoms with Crippen molar-refractivity contribution in [3.63, 3.8) is 0 Å². The van der Waals surface area contributed by atoms with Gasteiger partial charge in [-0.3, -0.25) is 0 Å². The van der Waals surface area contributed by atoms with Crippen LogP contribution in [0, 0.1) is 24.4 Å². The number of anilines is 1. The fourth-order valence-electron chi connectivity index (χ4n) is 1.80. The van der Waals surface area contributed by atoms with E-state index in [4.69, 9.17) is 0 Å². The van der Waals surface area contributed by atoms with Crippen molar-refractivity contribution in [1.82, 2.24) is 0 Å². The van der Waals surface area contributed by atoms with Crippen molar-refractivity contribution in [3.05, 3.63) is 65.0 Å². The Hall–Kier alpha value is -1.97. The number of halogens is 3. The zero-order chi connectivity index (χ0) is 14.0. The van der Waals surface area contributed by atoms with Crippen LogP contribution in [0.3, 0.4) is 0 Å². The highest BCUT2D eigenvalue weighted by Gasteiger charge is 2.11. The van der Waals surface area contributed by atoms with Crippen LogP contribution >= 0.6 is 0 Å². The predicted molar refractivity (Wildman–Crippen MR) is 69.5 cm³/mol. The van der Waals surface area contributed by atoms with Crippen molar-refractivity contribution in [2.45, 2.75) is 19.9 Å². The Kier molecular flexibility index (Phi) is 3.79. The molecule has 0 heterocycles. The number of nitrogens with one attached hydrogen (secondary N) is 1. The van der Waals surface area contributed by atoms with Gasteiger partial charge in [-0.2, -0.15) is 0 Å². The number of benzene rings is 2. The summed E-state index contributed by atoms with van der Waals surface area (Å²) in [4.78, 5) is 0. The molecule has 2 rings (SSSR count). The molecule has 0 aliphatic carbocycles. The highest BCUT2D eigenvalue weighted by atomic mass is 19.1. The third-order valence-electron chi connectivity index (χ3n) is 3.00. The zero-order valence-electron chi connectivity index (χ0n) is 10.7. The summed E-state index contributed by atoms with van der Waals surface area (Å²) in [5.74, 6) is -1.38. The Bertz CT molecular complexity index is 596. The van der Waals surface area contributed by atoms with Gasteiger partial charge < -0.3 is 5.32 Å². The van der Waals surface area contributed by atoms with Gasteiger partial charge in [0, 0.05) is 6.04 Å². The lowest BCUT2D eigenvalue weighted by Gasteiger charge is -2.16. The standard InChI is InChI=1S/C15H14F3N/c1-9-3-4-11(7-14(9)18)10(2)19-15-8-12(16)5-6-13(15)17/h3-8,10,19H,1-2H3. The quantitative estimate of drug-likeness (QED) is 0.856. The molecule has 1 atom stereocenters. The Balaban J connectivity index is 2.22. The normalized spacial score (nSPS) is 12.3. The molecule has 0 amide bonds. The fraction of sp³-hybridized carbons (Fsp3) is 0.200. The molecule has 0 saturated heterocycles. The van der Waals surface area contributed by atoms with Crippen molar-refractivity contribution in [3.8, 4) is 0 Å². The molecule has 1 unspecified atom stereocenters. The second-order valence-corrected chi connectivity index (χ2v) is 4.50. The van der Waals surface area contributed by atoms with E-state index in [0.29, 0.717) is 11.1 Å². The van der Waals surface area contributed by atoms with Crippen molar-refractivity contribution in [2.24, 2.45) is 0 Å². The maximum Gasteiger partial charge on any atom is 0.146 e. The molecule has 4 heteroatoms. The second-order valence-electron chi connectivity index (χ2n) is 4.50. The molecular weight excluding hydrogens is 251 g/mol. The third-order valence-corrected chi connectivity index (χ3v) is 3.00. The summed E-state index contributed by atoms with van der Waals surface area (Å²) in [5, 5.41) is 2.83. The van der Waals surface area contributed by atoms with Crippen LogP contribution in [0.15, 0.2) is 36.4 Å². The van der Waals surface area contributed by atoms with E-state index in [0.717, 1.165) is 18.2 Å². The van der Waals surface area contributed by atoms with Crippen molar-refractivity contribution in [1.29, 1.82) is 0 Å². The first kappa shape index (κ1) is 13.5. The van der Waals surface area contributed by atoms with Gasteiger partial charge in [0.25, 0.3) is 0 Å².